The van der Waals surface area contributed by atoms with Gasteiger partial charge in [-0.1, -0.05) is 44.2 Å². The molecule has 0 radical (unpaired) electrons. The molecule has 0 spiro atoms. The Morgan fingerprint density at radius 3 is 2.73 bits per heavy atom. The maximum atomic E-state index is 12.7. The largest absolute Gasteiger partial charge is 0.405 e. The molecular formula is C19H23NO2. The van der Waals surface area contributed by atoms with E-state index in [2.05, 4.69) is 26.0 Å². The highest BCUT2D eigenvalue weighted by Crippen LogP contribution is 2.41. The van der Waals surface area contributed by atoms with Gasteiger partial charge in [-0.15, -0.1) is 0 Å². The number of cyclic esters (lactones) is 1. The average molecular weight is 297 g/mol. The van der Waals surface area contributed by atoms with E-state index in [0.717, 1.165) is 31.2 Å². The Hall–Kier alpha value is -1.90. The lowest BCUT2D eigenvalue weighted by atomic mass is 9.74. The van der Waals surface area contributed by atoms with Crippen LogP contribution in [0, 0.1) is 11.8 Å². The van der Waals surface area contributed by atoms with E-state index in [-0.39, 0.29) is 11.9 Å². The lowest BCUT2D eigenvalue weighted by Crippen LogP contribution is -2.43. The fourth-order valence-corrected chi connectivity index (χ4v) is 3.48. The molecule has 3 nitrogen and oxygen atoms in total. The maximum Gasteiger partial charge on any atom is 0.341 e. The third kappa shape index (κ3) is 2.72. The van der Waals surface area contributed by atoms with Gasteiger partial charge in [0, 0.05) is 11.5 Å². The molecule has 0 bridgehead atoms. The molecule has 1 aromatic carbocycles. The summed E-state index contributed by atoms with van der Waals surface area (Å²) in [7, 11) is 0. The van der Waals surface area contributed by atoms with Crippen molar-refractivity contribution in [2.45, 2.75) is 45.1 Å². The molecule has 3 heteroatoms. The summed E-state index contributed by atoms with van der Waals surface area (Å²) in [4.78, 5) is 17.6. The van der Waals surface area contributed by atoms with Gasteiger partial charge in [-0.3, -0.25) is 0 Å². The summed E-state index contributed by atoms with van der Waals surface area (Å²) in [6, 6.07) is 9.71. The summed E-state index contributed by atoms with van der Waals surface area (Å²) < 4.78 is 5.59. The van der Waals surface area contributed by atoms with Crippen LogP contribution < -0.4 is 0 Å². The highest BCUT2D eigenvalue weighted by Gasteiger charge is 2.51. The molecule has 0 aromatic heterocycles. The van der Waals surface area contributed by atoms with Crippen molar-refractivity contribution in [2.24, 2.45) is 16.8 Å². The lowest BCUT2D eigenvalue weighted by Gasteiger charge is -2.32. The second-order valence-electron chi connectivity index (χ2n) is 6.66. The van der Waals surface area contributed by atoms with E-state index in [0.29, 0.717) is 11.8 Å². The van der Waals surface area contributed by atoms with Crippen molar-refractivity contribution in [2.75, 3.05) is 0 Å². The summed E-state index contributed by atoms with van der Waals surface area (Å²) in [5.41, 5.74) is 0.136. The molecule has 1 aliphatic carbocycles. The Balaban J connectivity index is 2.01. The monoisotopic (exact) mass is 297 g/mol. The Kier molecular flexibility index (Phi) is 4.14. The van der Waals surface area contributed by atoms with Crippen LogP contribution in [0.1, 0.15) is 45.1 Å². The van der Waals surface area contributed by atoms with Gasteiger partial charge in [0.25, 0.3) is 0 Å². The minimum Gasteiger partial charge on any atom is -0.405 e. The number of aliphatic imine (C=N–C) groups is 1. The van der Waals surface area contributed by atoms with E-state index >= 15 is 0 Å². The maximum absolute atomic E-state index is 12.7. The third-order valence-electron chi connectivity index (χ3n) is 4.45. The molecule has 0 saturated carbocycles. The van der Waals surface area contributed by atoms with Gasteiger partial charge in [0.1, 0.15) is 0 Å². The van der Waals surface area contributed by atoms with E-state index < -0.39 is 5.54 Å². The van der Waals surface area contributed by atoms with Crippen molar-refractivity contribution in [1.29, 1.82) is 0 Å². The number of hydrogen-bond acceptors (Lipinski definition) is 3. The average Bonchev–Trinajstić information content (AvgIpc) is 2.86. The summed E-state index contributed by atoms with van der Waals surface area (Å²) in [6.07, 6.45) is 8.30. The zero-order chi connectivity index (χ0) is 15.6. The number of rotatable bonds is 4. The highest BCUT2D eigenvalue weighted by molar-refractivity contribution is 6.08. The SMILES string of the molecule is CC(C)C[C@]1([C@@H]2C=CCCC2)N=C(c2ccccc2)OC1=O. The molecule has 116 valence electrons. The molecule has 0 saturated heterocycles. The predicted molar refractivity (Wildman–Crippen MR) is 87.7 cm³/mol. The van der Waals surface area contributed by atoms with Gasteiger partial charge in [0.05, 0.1) is 0 Å². The minimum atomic E-state index is -0.740. The molecule has 0 fully saturated rings. The van der Waals surface area contributed by atoms with E-state index in [1.165, 1.54) is 0 Å². The van der Waals surface area contributed by atoms with Gasteiger partial charge in [-0.05, 0) is 43.7 Å². The van der Waals surface area contributed by atoms with Gasteiger partial charge >= 0.3 is 5.97 Å². The van der Waals surface area contributed by atoms with E-state index in [1.54, 1.807) is 0 Å². The summed E-state index contributed by atoms with van der Waals surface area (Å²) in [5.74, 6) is 0.834. The second kappa shape index (κ2) is 6.07. The quantitative estimate of drug-likeness (QED) is 0.619. The standard InChI is InChI=1S/C19H23NO2/c1-14(2)13-19(16-11-7-4-8-12-16)18(21)22-17(20-19)15-9-5-3-6-10-15/h3,5-7,9-11,14,16H,4,8,12-13H2,1-2H3/t16-,19-/m1/s1. The second-order valence-corrected chi connectivity index (χ2v) is 6.66. The fraction of sp³-hybridized carbons (Fsp3) is 0.474. The zero-order valence-electron chi connectivity index (χ0n) is 13.3. The molecule has 2 atom stereocenters. The molecule has 3 rings (SSSR count). The Bertz CT molecular complexity index is 603. The molecule has 1 aromatic rings. The Labute approximate surface area is 132 Å². The number of carbonyl (C=O) groups excluding carboxylic acids is 1. The van der Waals surface area contributed by atoms with E-state index in [4.69, 9.17) is 9.73 Å². The summed E-state index contributed by atoms with van der Waals surface area (Å²) >= 11 is 0. The van der Waals surface area contributed by atoms with Crippen LogP contribution in [-0.4, -0.2) is 17.4 Å². The number of carbonyl (C=O) groups is 1. The smallest absolute Gasteiger partial charge is 0.341 e. The minimum absolute atomic E-state index is 0.150. The van der Waals surface area contributed by atoms with Crippen LogP contribution >= 0.6 is 0 Å². The highest BCUT2D eigenvalue weighted by atomic mass is 16.6. The number of esters is 1. The normalized spacial score (nSPS) is 27.9. The third-order valence-corrected chi connectivity index (χ3v) is 4.45. The molecule has 2 aliphatic rings. The van der Waals surface area contributed by atoms with Gasteiger partial charge in [-0.25, -0.2) is 9.79 Å². The molecule has 0 unspecified atom stereocenters. The van der Waals surface area contributed by atoms with Crippen molar-refractivity contribution in [3.05, 3.63) is 48.0 Å². The topological polar surface area (TPSA) is 38.7 Å². The molecule has 1 aliphatic heterocycles. The van der Waals surface area contributed by atoms with Gasteiger partial charge in [0.2, 0.25) is 5.90 Å². The van der Waals surface area contributed by atoms with Crippen LogP contribution in [0.5, 0.6) is 0 Å². The van der Waals surface area contributed by atoms with Crippen molar-refractivity contribution in [3.63, 3.8) is 0 Å². The Morgan fingerprint density at radius 2 is 2.09 bits per heavy atom. The summed E-state index contributed by atoms with van der Waals surface area (Å²) in [5, 5.41) is 0. The van der Waals surface area contributed by atoms with Crippen molar-refractivity contribution in [3.8, 4) is 0 Å². The lowest BCUT2D eigenvalue weighted by molar-refractivity contribution is -0.141. The van der Waals surface area contributed by atoms with E-state index in [1.807, 2.05) is 30.3 Å². The number of allylic oxidation sites excluding steroid dienone is 1. The number of nitrogens with zero attached hydrogens (tertiary/aromatic N) is 1. The molecule has 22 heavy (non-hydrogen) atoms. The zero-order valence-corrected chi connectivity index (χ0v) is 13.3. The first-order chi connectivity index (χ1) is 10.6. The van der Waals surface area contributed by atoms with Crippen LogP contribution in [0.25, 0.3) is 0 Å². The van der Waals surface area contributed by atoms with Crippen molar-refractivity contribution < 1.29 is 9.53 Å². The Morgan fingerprint density at radius 1 is 1.32 bits per heavy atom. The van der Waals surface area contributed by atoms with Crippen molar-refractivity contribution >= 4 is 11.9 Å². The van der Waals surface area contributed by atoms with Gasteiger partial charge < -0.3 is 4.74 Å². The van der Waals surface area contributed by atoms with Crippen molar-refractivity contribution in [1.82, 2.24) is 0 Å². The van der Waals surface area contributed by atoms with E-state index in [9.17, 15) is 4.79 Å². The molecule has 0 amide bonds. The summed E-state index contributed by atoms with van der Waals surface area (Å²) in [6.45, 7) is 4.27. The first kappa shape index (κ1) is 15.0. The number of ether oxygens (including phenoxy) is 1. The van der Waals surface area contributed by atoms with Crippen LogP contribution in [-0.2, 0) is 9.53 Å². The first-order valence-corrected chi connectivity index (χ1v) is 8.16. The van der Waals surface area contributed by atoms with Crippen LogP contribution in [0.4, 0.5) is 0 Å². The van der Waals surface area contributed by atoms with Crippen LogP contribution in [0.3, 0.4) is 0 Å². The van der Waals surface area contributed by atoms with Crippen LogP contribution in [0.15, 0.2) is 47.5 Å². The first-order valence-electron chi connectivity index (χ1n) is 8.16. The van der Waals surface area contributed by atoms with Gasteiger partial charge in [-0.2, -0.15) is 0 Å². The number of hydrogen-bond donors (Lipinski definition) is 0. The van der Waals surface area contributed by atoms with Gasteiger partial charge in [0.15, 0.2) is 5.54 Å². The molecule has 0 N–H and O–H groups in total. The molecular weight excluding hydrogens is 274 g/mol. The molecule has 1 heterocycles. The van der Waals surface area contributed by atoms with Crippen LogP contribution in [0.2, 0.25) is 0 Å². The fourth-order valence-electron chi connectivity index (χ4n) is 3.48. The number of benzene rings is 1. The predicted octanol–water partition coefficient (Wildman–Crippen LogP) is 4.13.